The van der Waals surface area contributed by atoms with E-state index in [4.69, 9.17) is 4.74 Å². The summed E-state index contributed by atoms with van der Waals surface area (Å²) >= 11 is 0. The average Bonchev–Trinajstić information content (AvgIpc) is 2.59. The van der Waals surface area contributed by atoms with E-state index in [1.807, 2.05) is 0 Å². The van der Waals surface area contributed by atoms with E-state index in [1.165, 1.54) is 51.5 Å². The molecule has 2 nitrogen and oxygen atoms in total. The fourth-order valence-electron chi connectivity index (χ4n) is 5.60. The molecule has 4 rings (SSSR count). The topological polar surface area (TPSA) is 12.5 Å². The minimum absolute atomic E-state index is 0.452. The van der Waals surface area contributed by atoms with Gasteiger partial charge in [0, 0.05) is 11.5 Å². The third-order valence-corrected chi connectivity index (χ3v) is 6.85. The van der Waals surface area contributed by atoms with Crippen molar-refractivity contribution < 1.29 is 4.74 Å². The molecular formula is C21H31NO. The van der Waals surface area contributed by atoms with Crippen molar-refractivity contribution in [2.24, 2.45) is 5.92 Å². The van der Waals surface area contributed by atoms with Crippen molar-refractivity contribution in [2.45, 2.75) is 69.7 Å². The number of unbranched alkanes of at least 4 members (excludes halogenated alkanes) is 1. The van der Waals surface area contributed by atoms with E-state index < -0.39 is 0 Å². The molecule has 3 aliphatic rings. The van der Waals surface area contributed by atoms with Gasteiger partial charge in [-0.3, -0.25) is 0 Å². The molecule has 2 bridgehead atoms. The third-order valence-electron chi connectivity index (χ3n) is 6.85. The Morgan fingerprint density at radius 1 is 1.26 bits per heavy atom. The first-order chi connectivity index (χ1) is 11.2. The second kappa shape index (κ2) is 6.12. The molecule has 2 heteroatoms. The summed E-state index contributed by atoms with van der Waals surface area (Å²) in [5.74, 6) is 1.97. The highest BCUT2D eigenvalue weighted by molar-refractivity contribution is 5.45. The van der Waals surface area contributed by atoms with Crippen LogP contribution in [0.25, 0.3) is 0 Å². The molecule has 1 aliphatic heterocycles. The predicted molar refractivity (Wildman–Crippen MR) is 95.2 cm³/mol. The fraction of sp³-hybridized carbons (Fsp3) is 0.714. The van der Waals surface area contributed by atoms with Crippen LogP contribution in [0.15, 0.2) is 18.2 Å². The molecule has 1 saturated heterocycles. The lowest BCUT2D eigenvalue weighted by molar-refractivity contribution is 0.00270. The SMILES string of the molecule is CCCCOc1ccc2c(c1)[C@]13CCCCC1[C@@H](C2)N(C)CC3. The molecule has 0 aromatic heterocycles. The Morgan fingerprint density at radius 3 is 3.04 bits per heavy atom. The smallest absolute Gasteiger partial charge is 0.119 e. The zero-order valence-electron chi connectivity index (χ0n) is 14.8. The Kier molecular flexibility index (Phi) is 4.13. The van der Waals surface area contributed by atoms with Crippen LogP contribution in [0, 0.1) is 5.92 Å². The molecule has 0 amide bonds. The van der Waals surface area contributed by atoms with E-state index >= 15 is 0 Å². The number of piperidine rings is 1. The summed E-state index contributed by atoms with van der Waals surface area (Å²) in [5, 5.41) is 0. The van der Waals surface area contributed by atoms with Gasteiger partial charge in [0.15, 0.2) is 0 Å². The van der Waals surface area contributed by atoms with E-state index in [9.17, 15) is 0 Å². The number of hydrogen-bond acceptors (Lipinski definition) is 2. The maximum absolute atomic E-state index is 6.04. The highest BCUT2D eigenvalue weighted by Crippen LogP contribution is 2.55. The Balaban J connectivity index is 1.70. The zero-order chi connectivity index (χ0) is 15.9. The Labute approximate surface area is 141 Å². The van der Waals surface area contributed by atoms with E-state index in [0.29, 0.717) is 5.41 Å². The van der Waals surface area contributed by atoms with Crippen LogP contribution in [0.4, 0.5) is 0 Å². The fourth-order valence-corrected chi connectivity index (χ4v) is 5.60. The van der Waals surface area contributed by atoms with Gasteiger partial charge in [0.25, 0.3) is 0 Å². The Hall–Kier alpha value is -1.02. The molecular weight excluding hydrogens is 282 g/mol. The first kappa shape index (κ1) is 15.5. The Morgan fingerprint density at radius 2 is 2.17 bits per heavy atom. The molecule has 0 spiro atoms. The third kappa shape index (κ3) is 2.50. The number of hydrogen-bond donors (Lipinski definition) is 0. The van der Waals surface area contributed by atoms with Crippen molar-refractivity contribution >= 4 is 0 Å². The molecule has 2 fully saturated rings. The summed E-state index contributed by atoms with van der Waals surface area (Å²) in [6.07, 6.45) is 10.6. The maximum Gasteiger partial charge on any atom is 0.119 e. The van der Waals surface area contributed by atoms with Crippen LogP contribution >= 0.6 is 0 Å². The molecule has 0 radical (unpaired) electrons. The van der Waals surface area contributed by atoms with Gasteiger partial charge in [0.1, 0.15) is 5.75 Å². The standard InChI is InChI=1S/C21H31NO/c1-3-4-13-23-17-9-8-16-14-20-18-7-5-6-10-21(18,19(16)15-17)11-12-22(20)2/h8-9,15,18,20H,3-7,10-14H2,1-2H3/t18?,20-,21+/m1/s1. The minimum Gasteiger partial charge on any atom is -0.494 e. The lowest BCUT2D eigenvalue weighted by Crippen LogP contribution is -2.59. The monoisotopic (exact) mass is 313 g/mol. The predicted octanol–water partition coefficient (Wildman–Crippen LogP) is 4.55. The summed E-state index contributed by atoms with van der Waals surface area (Å²) in [7, 11) is 2.34. The largest absolute Gasteiger partial charge is 0.494 e. The molecule has 3 atom stereocenters. The molecule has 2 aliphatic carbocycles. The van der Waals surface area contributed by atoms with Gasteiger partial charge in [0.2, 0.25) is 0 Å². The van der Waals surface area contributed by atoms with Gasteiger partial charge in [0.05, 0.1) is 6.61 Å². The van der Waals surface area contributed by atoms with Crippen molar-refractivity contribution in [1.29, 1.82) is 0 Å². The van der Waals surface area contributed by atoms with E-state index in [1.54, 1.807) is 11.1 Å². The summed E-state index contributed by atoms with van der Waals surface area (Å²) in [6, 6.07) is 7.77. The highest BCUT2D eigenvalue weighted by Gasteiger charge is 2.53. The molecule has 1 aromatic rings. The number of nitrogens with zero attached hydrogens (tertiary/aromatic N) is 1. The second-order valence-electron chi connectivity index (χ2n) is 8.03. The lowest BCUT2D eigenvalue weighted by Gasteiger charge is -2.58. The Bertz CT molecular complexity index is 569. The summed E-state index contributed by atoms with van der Waals surface area (Å²) in [6.45, 7) is 4.35. The second-order valence-corrected chi connectivity index (χ2v) is 8.03. The highest BCUT2D eigenvalue weighted by atomic mass is 16.5. The van der Waals surface area contributed by atoms with Gasteiger partial charge in [-0.2, -0.15) is 0 Å². The number of rotatable bonds is 4. The number of benzene rings is 1. The van der Waals surface area contributed by atoms with Crippen LogP contribution < -0.4 is 4.74 Å². The van der Waals surface area contributed by atoms with E-state index in [-0.39, 0.29) is 0 Å². The van der Waals surface area contributed by atoms with Gasteiger partial charge in [-0.05, 0) is 74.9 Å². The van der Waals surface area contributed by atoms with Crippen molar-refractivity contribution in [3.8, 4) is 5.75 Å². The molecule has 126 valence electrons. The van der Waals surface area contributed by atoms with Gasteiger partial charge in [-0.25, -0.2) is 0 Å². The molecule has 1 aromatic carbocycles. The zero-order valence-corrected chi connectivity index (χ0v) is 14.8. The van der Waals surface area contributed by atoms with Crippen LogP contribution in [-0.2, 0) is 11.8 Å². The van der Waals surface area contributed by atoms with Crippen molar-refractivity contribution in [3.63, 3.8) is 0 Å². The van der Waals surface area contributed by atoms with Crippen LogP contribution in [0.5, 0.6) is 5.75 Å². The van der Waals surface area contributed by atoms with Crippen LogP contribution in [0.2, 0.25) is 0 Å². The minimum atomic E-state index is 0.452. The number of fused-ring (bicyclic) bond motifs is 1. The van der Waals surface area contributed by atoms with E-state index in [0.717, 1.165) is 30.7 Å². The first-order valence-electron chi connectivity index (χ1n) is 9.71. The van der Waals surface area contributed by atoms with Gasteiger partial charge in [-0.1, -0.05) is 32.3 Å². The summed E-state index contributed by atoms with van der Waals surface area (Å²) in [5.41, 5.74) is 3.70. The number of likely N-dealkylation sites (tertiary alicyclic amines) is 1. The molecule has 0 N–H and O–H groups in total. The van der Waals surface area contributed by atoms with E-state index in [2.05, 4.69) is 37.1 Å². The number of likely N-dealkylation sites (N-methyl/N-ethyl adjacent to an activating group) is 1. The van der Waals surface area contributed by atoms with Crippen molar-refractivity contribution in [2.75, 3.05) is 20.2 Å². The molecule has 1 heterocycles. The normalized spacial score (nSPS) is 33.0. The van der Waals surface area contributed by atoms with Crippen LogP contribution in [0.1, 0.15) is 63.0 Å². The molecule has 1 unspecified atom stereocenters. The van der Waals surface area contributed by atoms with Crippen LogP contribution in [0.3, 0.4) is 0 Å². The summed E-state index contributed by atoms with van der Waals surface area (Å²) < 4.78 is 6.04. The lowest BCUT2D eigenvalue weighted by atomic mass is 9.52. The quantitative estimate of drug-likeness (QED) is 0.756. The maximum atomic E-state index is 6.04. The van der Waals surface area contributed by atoms with Gasteiger partial charge >= 0.3 is 0 Å². The van der Waals surface area contributed by atoms with Crippen molar-refractivity contribution in [1.82, 2.24) is 4.90 Å². The van der Waals surface area contributed by atoms with Crippen molar-refractivity contribution in [3.05, 3.63) is 29.3 Å². The van der Waals surface area contributed by atoms with Gasteiger partial charge in [-0.15, -0.1) is 0 Å². The van der Waals surface area contributed by atoms with Gasteiger partial charge < -0.3 is 9.64 Å². The first-order valence-corrected chi connectivity index (χ1v) is 9.71. The van der Waals surface area contributed by atoms with Crippen LogP contribution in [-0.4, -0.2) is 31.1 Å². The summed E-state index contributed by atoms with van der Waals surface area (Å²) in [4.78, 5) is 2.64. The number of ether oxygens (including phenoxy) is 1. The molecule has 1 saturated carbocycles. The molecule has 23 heavy (non-hydrogen) atoms. The average molecular weight is 313 g/mol.